The normalized spacial score (nSPS) is 16.6. The highest BCUT2D eigenvalue weighted by molar-refractivity contribution is 5.99. The molecule has 0 aliphatic carbocycles. The number of rotatable bonds is 12. The highest BCUT2D eigenvalue weighted by Crippen LogP contribution is 2.16. The summed E-state index contributed by atoms with van der Waals surface area (Å²) in [6, 6.07) is 2.65. The number of amides is 4. The van der Waals surface area contributed by atoms with Gasteiger partial charge in [0.25, 0.3) is 11.8 Å². The minimum Gasteiger partial charge on any atom is -0.481 e. The third-order valence-electron chi connectivity index (χ3n) is 5.84. The summed E-state index contributed by atoms with van der Waals surface area (Å²) in [6.45, 7) is 1.76. The molecule has 13 heteroatoms. The van der Waals surface area contributed by atoms with Crippen molar-refractivity contribution >= 4 is 47.9 Å². The van der Waals surface area contributed by atoms with Gasteiger partial charge in [0, 0.05) is 38.2 Å². The molecule has 2 rings (SSSR count). The van der Waals surface area contributed by atoms with Crippen LogP contribution in [0.1, 0.15) is 49.4 Å². The van der Waals surface area contributed by atoms with Crippen LogP contribution in [0.3, 0.4) is 0 Å². The molecule has 0 aromatic heterocycles. The second kappa shape index (κ2) is 13.8. The Hall–Kier alpha value is -4.13. The fourth-order valence-corrected chi connectivity index (χ4v) is 3.73. The highest BCUT2D eigenvalue weighted by Gasteiger charge is 2.37. The van der Waals surface area contributed by atoms with Crippen LogP contribution in [0.5, 0.6) is 0 Å². The Balaban J connectivity index is 2.18. The number of carboxylic acid groups (broad SMARTS) is 1. The monoisotopic (exact) mass is 517 g/mol. The Bertz CT molecular complexity index is 1030. The summed E-state index contributed by atoms with van der Waals surface area (Å²) in [4.78, 5) is 85.1. The van der Waals surface area contributed by atoms with Crippen molar-refractivity contribution in [2.45, 2.75) is 57.2 Å². The van der Waals surface area contributed by atoms with Gasteiger partial charge in [-0.05, 0) is 43.5 Å². The lowest BCUT2D eigenvalue weighted by Crippen LogP contribution is -2.63. The van der Waals surface area contributed by atoms with Gasteiger partial charge in [-0.2, -0.15) is 0 Å². The largest absolute Gasteiger partial charge is 0.481 e. The van der Waals surface area contributed by atoms with Gasteiger partial charge in [0.15, 0.2) is 0 Å². The molecule has 1 aromatic carbocycles. The van der Waals surface area contributed by atoms with Crippen LogP contribution in [0, 0.1) is 0 Å². The molecule has 0 bridgehead atoms. The minimum atomic E-state index is -1.27. The lowest BCUT2D eigenvalue weighted by Gasteiger charge is -2.37. The molecule has 200 valence electrons. The quantitative estimate of drug-likeness (QED) is 0.263. The lowest BCUT2D eigenvalue weighted by atomic mass is 10.0. The van der Waals surface area contributed by atoms with Crippen molar-refractivity contribution in [3.05, 3.63) is 29.8 Å². The van der Waals surface area contributed by atoms with Gasteiger partial charge in [-0.15, -0.1) is 0 Å². The van der Waals surface area contributed by atoms with Crippen molar-refractivity contribution < 1.29 is 38.7 Å². The summed E-state index contributed by atoms with van der Waals surface area (Å²) in [5.41, 5.74) is 3.61. The first kappa shape index (κ1) is 29.1. The summed E-state index contributed by atoms with van der Waals surface area (Å²) in [6.07, 6.45) is 1.01. The van der Waals surface area contributed by atoms with E-state index in [4.69, 9.17) is 5.11 Å². The summed E-state index contributed by atoms with van der Waals surface area (Å²) >= 11 is 0. The average Bonchev–Trinajstić information content (AvgIpc) is 2.89. The van der Waals surface area contributed by atoms with Crippen LogP contribution < -0.4 is 21.0 Å². The number of hydrogen-bond donors (Lipinski definition) is 4. The maximum Gasteiger partial charge on any atom is 0.305 e. The summed E-state index contributed by atoms with van der Waals surface area (Å²) in [7, 11) is 1.59. The Morgan fingerprint density at radius 2 is 1.84 bits per heavy atom. The first-order valence-corrected chi connectivity index (χ1v) is 11.7. The van der Waals surface area contributed by atoms with Gasteiger partial charge >= 0.3 is 5.97 Å². The van der Waals surface area contributed by atoms with E-state index < -0.39 is 48.2 Å². The molecule has 1 heterocycles. The summed E-state index contributed by atoms with van der Waals surface area (Å²) < 4.78 is 0. The Morgan fingerprint density at radius 3 is 2.41 bits per heavy atom. The van der Waals surface area contributed by atoms with Crippen molar-refractivity contribution in [1.29, 1.82) is 0 Å². The number of benzene rings is 1. The van der Waals surface area contributed by atoms with Crippen LogP contribution in [0.15, 0.2) is 24.3 Å². The molecule has 1 aromatic rings. The van der Waals surface area contributed by atoms with E-state index in [2.05, 4.69) is 16.1 Å². The number of carbonyl (C=O) groups is 7. The van der Waals surface area contributed by atoms with Crippen LogP contribution in [0.2, 0.25) is 0 Å². The van der Waals surface area contributed by atoms with Crippen LogP contribution >= 0.6 is 0 Å². The van der Waals surface area contributed by atoms with Crippen molar-refractivity contribution in [1.82, 2.24) is 21.1 Å². The van der Waals surface area contributed by atoms with Gasteiger partial charge < -0.3 is 30.2 Å². The first-order valence-electron chi connectivity index (χ1n) is 11.7. The molecule has 0 saturated carbocycles. The number of hydrogen-bond acceptors (Lipinski definition) is 8. The summed E-state index contributed by atoms with van der Waals surface area (Å²) in [5, 5.41) is 14.9. The summed E-state index contributed by atoms with van der Waals surface area (Å²) in [5.74, 6) is -3.44. The number of carbonyl (C=O) groups excluding carboxylic acids is 6. The van der Waals surface area contributed by atoms with E-state index in [-0.39, 0.29) is 30.7 Å². The van der Waals surface area contributed by atoms with Crippen LogP contribution in [-0.2, 0) is 28.8 Å². The molecule has 1 saturated heterocycles. The smallest absolute Gasteiger partial charge is 0.305 e. The second-order valence-electron chi connectivity index (χ2n) is 8.52. The minimum absolute atomic E-state index is 0.0261. The highest BCUT2D eigenvalue weighted by atomic mass is 16.4. The molecular weight excluding hydrogens is 486 g/mol. The number of nitrogens with one attached hydrogen (secondary N) is 3. The van der Waals surface area contributed by atoms with E-state index in [0.29, 0.717) is 31.2 Å². The molecule has 4 amide bonds. The molecule has 13 nitrogen and oxygen atoms in total. The van der Waals surface area contributed by atoms with Crippen molar-refractivity contribution in [3.63, 3.8) is 0 Å². The third-order valence-corrected chi connectivity index (χ3v) is 5.84. The SMILES string of the molecule is CC(=O)N(C)c1ccc(C(=O)N[C@@H](CCC=O)C(=O)N2NCCC[C@H]2C(=O)N[C@H](C=O)CC(=O)O)cc1. The van der Waals surface area contributed by atoms with Crippen molar-refractivity contribution in [2.75, 3.05) is 18.5 Å². The number of aldehydes is 2. The van der Waals surface area contributed by atoms with Gasteiger partial charge in [0.05, 0.1) is 12.5 Å². The van der Waals surface area contributed by atoms with Gasteiger partial charge in [0.1, 0.15) is 24.7 Å². The molecule has 1 fully saturated rings. The number of anilines is 1. The average molecular weight is 518 g/mol. The molecule has 4 N–H and O–H groups in total. The van der Waals surface area contributed by atoms with E-state index in [0.717, 1.165) is 5.01 Å². The van der Waals surface area contributed by atoms with E-state index in [1.54, 1.807) is 19.2 Å². The molecule has 0 radical (unpaired) electrons. The zero-order chi connectivity index (χ0) is 27.5. The van der Waals surface area contributed by atoms with Crippen molar-refractivity contribution in [3.8, 4) is 0 Å². The fraction of sp³-hybridized carbons (Fsp3) is 0.458. The molecule has 0 unspecified atom stereocenters. The molecular formula is C24H31N5O8. The molecule has 0 spiro atoms. The molecule has 1 aliphatic heterocycles. The van der Waals surface area contributed by atoms with Crippen LogP contribution in [0.4, 0.5) is 5.69 Å². The Labute approximate surface area is 213 Å². The van der Waals surface area contributed by atoms with Crippen molar-refractivity contribution in [2.24, 2.45) is 0 Å². The lowest BCUT2D eigenvalue weighted by molar-refractivity contribution is -0.149. The van der Waals surface area contributed by atoms with Gasteiger partial charge in [-0.3, -0.25) is 29.0 Å². The van der Waals surface area contributed by atoms with Crippen LogP contribution in [0.25, 0.3) is 0 Å². The predicted octanol–water partition coefficient (Wildman–Crippen LogP) is -0.599. The third kappa shape index (κ3) is 8.20. The zero-order valence-corrected chi connectivity index (χ0v) is 20.6. The predicted molar refractivity (Wildman–Crippen MR) is 130 cm³/mol. The molecule has 37 heavy (non-hydrogen) atoms. The fourth-order valence-electron chi connectivity index (χ4n) is 3.73. The molecule has 1 aliphatic rings. The van der Waals surface area contributed by atoms with Gasteiger partial charge in [-0.1, -0.05) is 0 Å². The maximum atomic E-state index is 13.4. The maximum absolute atomic E-state index is 13.4. The Morgan fingerprint density at radius 1 is 1.16 bits per heavy atom. The second-order valence-corrected chi connectivity index (χ2v) is 8.52. The van der Waals surface area contributed by atoms with Crippen LogP contribution in [-0.4, -0.2) is 84.0 Å². The first-order chi connectivity index (χ1) is 17.6. The standard InChI is InChI=1S/C24H31N5O8/c1-15(32)28(2)18-9-7-16(8-10-18)22(35)27-19(5-4-12-30)24(37)29-20(6-3-11-25-29)23(36)26-17(14-31)13-21(33)34/h7-10,12,14,17,19-20,25H,3-6,11,13H2,1-2H3,(H,26,36)(H,27,35)(H,33,34)/t17-,19-,20-/m0/s1. The number of aliphatic carboxylic acids is 1. The number of nitrogens with zero attached hydrogens (tertiary/aromatic N) is 2. The number of carboxylic acids is 1. The number of hydrazine groups is 1. The van der Waals surface area contributed by atoms with E-state index in [1.807, 2.05) is 0 Å². The Kier molecular flexibility index (Phi) is 10.9. The van der Waals surface area contributed by atoms with E-state index >= 15 is 0 Å². The van der Waals surface area contributed by atoms with Gasteiger partial charge in [0.2, 0.25) is 11.8 Å². The van der Waals surface area contributed by atoms with E-state index in [1.165, 1.54) is 24.0 Å². The molecule has 3 atom stereocenters. The zero-order valence-electron chi connectivity index (χ0n) is 20.6. The van der Waals surface area contributed by atoms with Gasteiger partial charge in [-0.25, -0.2) is 5.43 Å². The topological polar surface area (TPSA) is 182 Å². The van der Waals surface area contributed by atoms with E-state index in [9.17, 15) is 33.6 Å².